The van der Waals surface area contributed by atoms with Gasteiger partial charge >= 0.3 is 5.69 Å². The number of ketones is 1. The van der Waals surface area contributed by atoms with Crippen molar-refractivity contribution in [3.05, 3.63) is 56.6 Å². The Morgan fingerprint density at radius 1 is 1.23 bits per heavy atom. The number of hydrogen-bond donors (Lipinski definition) is 3. The van der Waals surface area contributed by atoms with Crippen molar-refractivity contribution in [1.82, 2.24) is 14.9 Å². The van der Waals surface area contributed by atoms with Gasteiger partial charge in [-0.05, 0) is 49.4 Å². The second-order valence-corrected chi connectivity index (χ2v) is 7.87. The van der Waals surface area contributed by atoms with Crippen LogP contribution in [0.3, 0.4) is 0 Å². The minimum Gasteiger partial charge on any atom is -0.384 e. The first-order valence-corrected chi connectivity index (χ1v) is 9.61. The zero-order valence-electron chi connectivity index (χ0n) is 14.5. The Morgan fingerprint density at radius 2 is 1.96 bits per heavy atom. The van der Waals surface area contributed by atoms with Gasteiger partial charge < -0.3 is 15.1 Å². The minimum absolute atomic E-state index is 0.0236. The number of Topliss-reactive ketones (excluding diaryl/α,β-unsaturated/α-hetero) is 1. The molecular formula is C19H21N3O3S. The number of rotatable bonds is 4. The fourth-order valence-corrected chi connectivity index (χ4v) is 4.55. The topological polar surface area (TPSA) is 89.2 Å². The molecule has 3 aromatic rings. The number of hydrogen-bond acceptors (Lipinski definition) is 5. The molecule has 4 rings (SSSR count). The quantitative estimate of drug-likeness (QED) is 0.615. The summed E-state index contributed by atoms with van der Waals surface area (Å²) >= 11 is 1.58. The Kier molecular flexibility index (Phi) is 4.30. The first-order chi connectivity index (χ1) is 12.5. The smallest absolute Gasteiger partial charge is 0.323 e. The molecule has 7 heteroatoms. The van der Waals surface area contributed by atoms with Crippen molar-refractivity contribution in [2.24, 2.45) is 0 Å². The third kappa shape index (κ3) is 3.02. The molecule has 0 amide bonds. The summed E-state index contributed by atoms with van der Waals surface area (Å²) in [6.45, 7) is 3.25. The molecule has 0 bridgehead atoms. The molecule has 6 nitrogen and oxygen atoms in total. The SMILES string of the molecule is CC(C(=O)c1ccc2[nH]c(=O)[nH]c2c1)N1CCC(O)(c2cccs2)CC1. The minimum atomic E-state index is -0.781. The largest absolute Gasteiger partial charge is 0.384 e. The Labute approximate surface area is 154 Å². The summed E-state index contributed by atoms with van der Waals surface area (Å²) in [5, 5.41) is 12.8. The molecule has 136 valence electrons. The number of nitrogens with one attached hydrogen (secondary N) is 2. The van der Waals surface area contributed by atoms with Crippen molar-refractivity contribution >= 4 is 28.2 Å². The van der Waals surface area contributed by atoms with Crippen molar-refractivity contribution in [2.75, 3.05) is 13.1 Å². The van der Waals surface area contributed by atoms with E-state index in [-0.39, 0.29) is 17.5 Å². The van der Waals surface area contributed by atoms with Gasteiger partial charge in [0.1, 0.15) is 5.60 Å². The molecule has 1 saturated heterocycles. The first-order valence-electron chi connectivity index (χ1n) is 8.73. The van der Waals surface area contributed by atoms with Crippen molar-refractivity contribution < 1.29 is 9.90 Å². The van der Waals surface area contributed by atoms with Crippen molar-refractivity contribution in [3.63, 3.8) is 0 Å². The molecule has 2 aromatic heterocycles. The van der Waals surface area contributed by atoms with E-state index in [4.69, 9.17) is 0 Å². The zero-order chi connectivity index (χ0) is 18.3. The predicted molar refractivity (Wildman–Crippen MR) is 102 cm³/mol. The molecule has 1 aliphatic rings. The number of nitrogens with zero attached hydrogens (tertiary/aromatic N) is 1. The summed E-state index contributed by atoms with van der Waals surface area (Å²) in [4.78, 5) is 32.7. The second kappa shape index (κ2) is 6.50. The lowest BCUT2D eigenvalue weighted by atomic mass is 9.88. The monoisotopic (exact) mass is 371 g/mol. The highest BCUT2D eigenvalue weighted by molar-refractivity contribution is 7.10. The van der Waals surface area contributed by atoms with Crippen molar-refractivity contribution in [1.29, 1.82) is 0 Å². The van der Waals surface area contributed by atoms with E-state index in [2.05, 4.69) is 14.9 Å². The molecule has 0 spiro atoms. The molecule has 0 radical (unpaired) electrons. The van der Waals surface area contributed by atoms with E-state index in [1.54, 1.807) is 29.5 Å². The van der Waals surface area contributed by atoms with E-state index in [0.717, 1.165) is 4.88 Å². The molecule has 1 atom stereocenters. The van der Waals surface area contributed by atoms with Crippen LogP contribution in [0.1, 0.15) is 35.0 Å². The van der Waals surface area contributed by atoms with Gasteiger partial charge in [0, 0.05) is 23.5 Å². The van der Waals surface area contributed by atoms with E-state index in [0.29, 0.717) is 42.5 Å². The maximum absolute atomic E-state index is 12.9. The van der Waals surface area contributed by atoms with Crippen molar-refractivity contribution in [2.45, 2.75) is 31.4 Å². The Morgan fingerprint density at radius 3 is 2.65 bits per heavy atom. The number of aromatic nitrogens is 2. The van der Waals surface area contributed by atoms with Gasteiger partial charge in [0.2, 0.25) is 0 Å². The van der Waals surface area contributed by atoms with Crippen LogP contribution in [-0.4, -0.2) is 44.9 Å². The summed E-state index contributed by atoms with van der Waals surface area (Å²) < 4.78 is 0. The van der Waals surface area contributed by atoms with E-state index in [1.807, 2.05) is 24.4 Å². The van der Waals surface area contributed by atoms with Crippen LogP contribution in [0.25, 0.3) is 11.0 Å². The van der Waals surface area contributed by atoms with Gasteiger partial charge in [-0.3, -0.25) is 9.69 Å². The summed E-state index contributed by atoms with van der Waals surface area (Å²) in [5.41, 5.74) is 0.856. The normalized spacial score (nSPS) is 18.8. The number of H-pyrrole nitrogens is 2. The van der Waals surface area contributed by atoms with Crippen LogP contribution in [-0.2, 0) is 5.60 Å². The molecule has 3 N–H and O–H groups in total. The van der Waals surface area contributed by atoms with Gasteiger partial charge in [0.05, 0.1) is 17.1 Å². The molecule has 1 fully saturated rings. The van der Waals surface area contributed by atoms with Crippen LogP contribution < -0.4 is 5.69 Å². The number of carbonyl (C=O) groups is 1. The van der Waals surface area contributed by atoms with Gasteiger partial charge in [0.15, 0.2) is 5.78 Å². The fraction of sp³-hybridized carbons (Fsp3) is 0.368. The lowest BCUT2D eigenvalue weighted by molar-refractivity contribution is -0.0290. The molecule has 1 aromatic carbocycles. The summed E-state index contributed by atoms with van der Waals surface area (Å²) in [6.07, 6.45) is 1.24. The van der Waals surface area contributed by atoms with E-state index >= 15 is 0 Å². The Balaban J connectivity index is 1.48. The van der Waals surface area contributed by atoms with Gasteiger partial charge in [-0.2, -0.15) is 0 Å². The molecule has 1 aliphatic heterocycles. The number of thiophene rings is 1. The number of fused-ring (bicyclic) bond motifs is 1. The number of aromatic amines is 2. The van der Waals surface area contributed by atoms with E-state index in [1.165, 1.54) is 0 Å². The fourth-order valence-electron chi connectivity index (χ4n) is 3.66. The first kappa shape index (κ1) is 17.2. The molecule has 0 aliphatic carbocycles. The van der Waals surface area contributed by atoms with Gasteiger partial charge in [-0.15, -0.1) is 11.3 Å². The molecular weight excluding hydrogens is 350 g/mol. The molecule has 26 heavy (non-hydrogen) atoms. The van der Waals surface area contributed by atoms with E-state index < -0.39 is 5.60 Å². The number of carbonyl (C=O) groups excluding carboxylic acids is 1. The number of aliphatic hydroxyl groups is 1. The van der Waals surface area contributed by atoms with E-state index in [9.17, 15) is 14.7 Å². The summed E-state index contributed by atoms with van der Waals surface area (Å²) in [7, 11) is 0. The summed E-state index contributed by atoms with van der Waals surface area (Å²) in [6, 6.07) is 8.87. The third-order valence-corrected chi connectivity index (χ3v) is 6.40. The van der Waals surface area contributed by atoms with Crippen LogP contribution in [0.5, 0.6) is 0 Å². The number of imidazole rings is 1. The number of likely N-dealkylation sites (tertiary alicyclic amines) is 1. The van der Waals surface area contributed by atoms with Crippen LogP contribution >= 0.6 is 11.3 Å². The Bertz CT molecular complexity index is 981. The average Bonchev–Trinajstić information content (AvgIpc) is 3.29. The molecule has 3 heterocycles. The molecule has 1 unspecified atom stereocenters. The Hall–Kier alpha value is -2.22. The average molecular weight is 371 g/mol. The second-order valence-electron chi connectivity index (χ2n) is 6.92. The van der Waals surface area contributed by atoms with Gasteiger partial charge in [-0.25, -0.2) is 4.79 Å². The zero-order valence-corrected chi connectivity index (χ0v) is 15.3. The number of piperidine rings is 1. The van der Waals surface area contributed by atoms with Gasteiger partial charge in [0.25, 0.3) is 0 Å². The number of benzene rings is 1. The van der Waals surface area contributed by atoms with Crippen LogP contribution in [0.15, 0.2) is 40.5 Å². The maximum Gasteiger partial charge on any atom is 0.323 e. The lowest BCUT2D eigenvalue weighted by Crippen LogP contribution is -2.48. The van der Waals surface area contributed by atoms with Crippen molar-refractivity contribution in [3.8, 4) is 0 Å². The maximum atomic E-state index is 12.9. The van der Waals surface area contributed by atoms with Gasteiger partial charge in [-0.1, -0.05) is 6.07 Å². The highest BCUT2D eigenvalue weighted by Gasteiger charge is 2.37. The lowest BCUT2D eigenvalue weighted by Gasteiger charge is -2.40. The third-order valence-electron chi connectivity index (χ3n) is 5.33. The predicted octanol–water partition coefficient (Wildman–Crippen LogP) is 2.47. The highest BCUT2D eigenvalue weighted by atomic mass is 32.1. The highest BCUT2D eigenvalue weighted by Crippen LogP contribution is 2.36. The standard InChI is InChI=1S/C19H21N3O3S/c1-12(17(23)13-4-5-14-15(11-13)21-18(24)20-14)22-8-6-19(25,7-9-22)16-3-2-10-26-16/h2-5,10-12,25H,6-9H2,1H3,(H2,20,21,24). The molecule has 0 saturated carbocycles. The van der Waals surface area contributed by atoms with Crippen LogP contribution in [0, 0.1) is 0 Å². The van der Waals surface area contributed by atoms with Crippen LogP contribution in [0.2, 0.25) is 0 Å². The summed E-state index contributed by atoms with van der Waals surface area (Å²) in [5.74, 6) is 0.0236. The van der Waals surface area contributed by atoms with Crippen LogP contribution in [0.4, 0.5) is 0 Å².